The summed E-state index contributed by atoms with van der Waals surface area (Å²) in [5.41, 5.74) is -0.545. The summed E-state index contributed by atoms with van der Waals surface area (Å²) in [5.74, 6) is 0.645. The fraction of sp³-hybridized carbons (Fsp3) is 0.929. The van der Waals surface area contributed by atoms with Crippen molar-refractivity contribution in [3.05, 3.63) is 0 Å². The van der Waals surface area contributed by atoms with Crippen molar-refractivity contribution in [2.24, 2.45) is 5.92 Å². The van der Waals surface area contributed by atoms with Crippen molar-refractivity contribution in [3.8, 4) is 0 Å². The SMILES string of the molecule is CNC(C)(CCCN1CCCC(C)C1)C(=O)OC. The first-order chi connectivity index (χ1) is 8.51. The Labute approximate surface area is 111 Å². The molecule has 0 aromatic heterocycles. The van der Waals surface area contributed by atoms with Crippen LogP contribution in [0.4, 0.5) is 0 Å². The van der Waals surface area contributed by atoms with Gasteiger partial charge < -0.3 is 15.0 Å². The van der Waals surface area contributed by atoms with E-state index in [9.17, 15) is 4.79 Å². The third-order valence-electron chi connectivity index (χ3n) is 4.08. The molecule has 18 heavy (non-hydrogen) atoms. The number of hydrogen-bond donors (Lipinski definition) is 1. The average Bonchev–Trinajstić information content (AvgIpc) is 2.37. The number of rotatable bonds is 6. The van der Waals surface area contributed by atoms with Gasteiger partial charge in [0, 0.05) is 6.54 Å². The van der Waals surface area contributed by atoms with Crippen LogP contribution in [-0.2, 0) is 9.53 Å². The van der Waals surface area contributed by atoms with E-state index in [4.69, 9.17) is 4.74 Å². The highest BCUT2D eigenvalue weighted by atomic mass is 16.5. The van der Waals surface area contributed by atoms with E-state index >= 15 is 0 Å². The Bertz CT molecular complexity index is 271. The first-order valence-corrected chi connectivity index (χ1v) is 7.01. The molecule has 1 saturated heterocycles. The van der Waals surface area contributed by atoms with Crippen molar-refractivity contribution in [2.45, 2.75) is 45.1 Å². The normalized spacial score (nSPS) is 24.6. The number of methoxy groups -OCH3 is 1. The zero-order chi connectivity index (χ0) is 13.6. The largest absolute Gasteiger partial charge is 0.468 e. The van der Waals surface area contributed by atoms with E-state index in [1.165, 1.54) is 33.0 Å². The predicted octanol–water partition coefficient (Wildman–Crippen LogP) is 1.65. The summed E-state index contributed by atoms with van der Waals surface area (Å²) in [5, 5.41) is 3.08. The van der Waals surface area contributed by atoms with E-state index in [1.807, 2.05) is 14.0 Å². The van der Waals surface area contributed by atoms with Gasteiger partial charge in [-0.25, -0.2) is 0 Å². The minimum absolute atomic E-state index is 0.169. The molecule has 2 atom stereocenters. The van der Waals surface area contributed by atoms with Crippen LogP contribution in [0.25, 0.3) is 0 Å². The second-order valence-electron chi connectivity index (χ2n) is 5.73. The van der Waals surface area contributed by atoms with Gasteiger partial charge in [0.2, 0.25) is 0 Å². The zero-order valence-corrected chi connectivity index (χ0v) is 12.3. The molecule has 0 aromatic carbocycles. The summed E-state index contributed by atoms with van der Waals surface area (Å²) in [6.45, 7) is 7.72. The number of piperidine rings is 1. The lowest BCUT2D eigenvalue weighted by atomic mass is 9.95. The molecule has 0 spiro atoms. The van der Waals surface area contributed by atoms with E-state index in [-0.39, 0.29) is 5.97 Å². The van der Waals surface area contributed by atoms with Crippen LogP contribution in [0.15, 0.2) is 0 Å². The average molecular weight is 256 g/mol. The van der Waals surface area contributed by atoms with Crippen LogP contribution < -0.4 is 5.32 Å². The van der Waals surface area contributed by atoms with Gasteiger partial charge >= 0.3 is 5.97 Å². The van der Waals surface area contributed by atoms with Crippen molar-refractivity contribution >= 4 is 5.97 Å². The zero-order valence-electron chi connectivity index (χ0n) is 12.3. The van der Waals surface area contributed by atoms with Gasteiger partial charge in [0.25, 0.3) is 0 Å². The molecule has 4 heteroatoms. The van der Waals surface area contributed by atoms with Gasteiger partial charge in [0.15, 0.2) is 0 Å². The summed E-state index contributed by atoms with van der Waals surface area (Å²) in [4.78, 5) is 14.2. The van der Waals surface area contributed by atoms with Gasteiger partial charge in [-0.15, -0.1) is 0 Å². The standard InChI is InChI=1S/C14H28N2O2/c1-12-7-5-9-16(11-12)10-6-8-14(2,15-3)13(17)18-4/h12,15H,5-11H2,1-4H3. The van der Waals surface area contributed by atoms with Crippen LogP contribution in [0.5, 0.6) is 0 Å². The van der Waals surface area contributed by atoms with E-state index in [1.54, 1.807) is 0 Å². The lowest BCUT2D eigenvalue weighted by Gasteiger charge is -2.32. The number of carbonyl (C=O) groups is 1. The van der Waals surface area contributed by atoms with E-state index in [0.717, 1.165) is 25.3 Å². The Morgan fingerprint density at radius 3 is 2.83 bits per heavy atom. The van der Waals surface area contributed by atoms with Gasteiger partial charge in [-0.2, -0.15) is 0 Å². The molecular weight excluding hydrogens is 228 g/mol. The first kappa shape index (κ1) is 15.4. The van der Waals surface area contributed by atoms with Gasteiger partial charge in [-0.1, -0.05) is 6.92 Å². The van der Waals surface area contributed by atoms with Gasteiger partial charge in [-0.05, 0) is 58.7 Å². The monoisotopic (exact) mass is 256 g/mol. The summed E-state index contributed by atoms with van der Waals surface area (Å²) >= 11 is 0. The second-order valence-corrected chi connectivity index (χ2v) is 5.73. The highest BCUT2D eigenvalue weighted by molar-refractivity contribution is 5.80. The maximum atomic E-state index is 11.7. The lowest BCUT2D eigenvalue weighted by molar-refractivity contribution is -0.148. The molecule has 2 unspecified atom stereocenters. The first-order valence-electron chi connectivity index (χ1n) is 7.01. The summed E-state index contributed by atoms with van der Waals surface area (Å²) in [6, 6.07) is 0. The molecular formula is C14H28N2O2. The Morgan fingerprint density at radius 2 is 2.28 bits per heavy atom. The molecule has 1 fully saturated rings. The third-order valence-corrected chi connectivity index (χ3v) is 4.08. The van der Waals surface area contributed by atoms with Gasteiger partial charge in [0.1, 0.15) is 5.54 Å². The topological polar surface area (TPSA) is 41.6 Å². The molecule has 1 aliphatic rings. The summed E-state index contributed by atoms with van der Waals surface area (Å²) < 4.78 is 4.85. The Kier molecular flexibility index (Phi) is 6.09. The van der Waals surface area contributed by atoms with Gasteiger partial charge in [-0.3, -0.25) is 4.79 Å². The van der Waals surface area contributed by atoms with Crippen LogP contribution in [0.2, 0.25) is 0 Å². The highest BCUT2D eigenvalue weighted by Gasteiger charge is 2.32. The molecule has 0 saturated carbocycles. The number of esters is 1. The van der Waals surface area contributed by atoms with Crippen molar-refractivity contribution in [2.75, 3.05) is 33.8 Å². The molecule has 0 bridgehead atoms. The third kappa shape index (κ3) is 4.25. The maximum absolute atomic E-state index is 11.7. The summed E-state index contributed by atoms with van der Waals surface area (Å²) in [7, 11) is 3.27. The molecule has 1 aliphatic heterocycles. The van der Waals surface area contributed by atoms with Crippen molar-refractivity contribution in [1.82, 2.24) is 10.2 Å². The summed E-state index contributed by atoms with van der Waals surface area (Å²) in [6.07, 6.45) is 4.51. The number of nitrogens with zero attached hydrogens (tertiary/aromatic N) is 1. The number of hydrogen-bond acceptors (Lipinski definition) is 4. The van der Waals surface area contributed by atoms with E-state index < -0.39 is 5.54 Å². The fourth-order valence-electron chi connectivity index (χ4n) is 2.70. The van der Waals surface area contributed by atoms with E-state index in [0.29, 0.717) is 0 Å². The van der Waals surface area contributed by atoms with Crippen molar-refractivity contribution in [1.29, 1.82) is 0 Å². The smallest absolute Gasteiger partial charge is 0.325 e. The van der Waals surface area contributed by atoms with Crippen LogP contribution in [-0.4, -0.2) is 50.2 Å². The molecule has 1 heterocycles. The Hall–Kier alpha value is -0.610. The van der Waals surface area contributed by atoms with Crippen LogP contribution in [0, 0.1) is 5.92 Å². The van der Waals surface area contributed by atoms with Crippen molar-refractivity contribution < 1.29 is 9.53 Å². The molecule has 106 valence electrons. The van der Waals surface area contributed by atoms with E-state index in [2.05, 4.69) is 17.1 Å². The molecule has 0 amide bonds. The Morgan fingerprint density at radius 1 is 1.56 bits per heavy atom. The number of ether oxygens (including phenoxy) is 1. The van der Waals surface area contributed by atoms with Crippen LogP contribution >= 0.6 is 0 Å². The van der Waals surface area contributed by atoms with Crippen LogP contribution in [0.3, 0.4) is 0 Å². The maximum Gasteiger partial charge on any atom is 0.325 e. The number of likely N-dealkylation sites (tertiary alicyclic amines) is 1. The number of carbonyl (C=O) groups excluding carboxylic acids is 1. The Balaban J connectivity index is 2.33. The minimum atomic E-state index is -0.545. The lowest BCUT2D eigenvalue weighted by Crippen LogP contribution is -2.48. The predicted molar refractivity (Wildman–Crippen MR) is 73.6 cm³/mol. The second kappa shape index (κ2) is 7.10. The fourth-order valence-corrected chi connectivity index (χ4v) is 2.70. The highest BCUT2D eigenvalue weighted by Crippen LogP contribution is 2.18. The molecule has 4 nitrogen and oxygen atoms in total. The van der Waals surface area contributed by atoms with Crippen molar-refractivity contribution in [3.63, 3.8) is 0 Å². The molecule has 0 aliphatic carbocycles. The molecule has 0 aromatic rings. The van der Waals surface area contributed by atoms with Crippen LogP contribution in [0.1, 0.15) is 39.5 Å². The number of nitrogens with one attached hydrogen (secondary N) is 1. The molecule has 1 rings (SSSR count). The van der Waals surface area contributed by atoms with Gasteiger partial charge in [0.05, 0.1) is 7.11 Å². The molecule has 1 N–H and O–H groups in total. The minimum Gasteiger partial charge on any atom is -0.468 e. The molecule has 0 radical (unpaired) electrons. The number of likely N-dealkylation sites (N-methyl/N-ethyl adjacent to an activating group) is 1. The quantitative estimate of drug-likeness (QED) is 0.734.